The van der Waals surface area contributed by atoms with Gasteiger partial charge in [-0.3, -0.25) is 14.6 Å². The molecule has 0 saturated carbocycles. The number of ether oxygens (including phenoxy) is 1. The molecule has 4 heterocycles. The van der Waals surface area contributed by atoms with E-state index in [1.165, 1.54) is 13.3 Å². The normalized spacial score (nSPS) is 10.6. The average molecular weight is 372 g/mol. The van der Waals surface area contributed by atoms with E-state index in [9.17, 15) is 9.59 Å². The Hall–Kier alpha value is -4.00. The summed E-state index contributed by atoms with van der Waals surface area (Å²) in [4.78, 5) is 34.0. The Kier molecular flexibility index (Phi) is 4.55. The van der Waals surface area contributed by atoms with Crippen molar-refractivity contribution >= 4 is 22.9 Å². The van der Waals surface area contributed by atoms with Gasteiger partial charge in [0.05, 0.1) is 24.7 Å². The number of Topliss-reactive ketones (excluding diaryl/α,β-unsaturated/α-hetero) is 1. The van der Waals surface area contributed by atoms with Crippen LogP contribution in [-0.4, -0.2) is 33.2 Å². The highest BCUT2D eigenvalue weighted by molar-refractivity contribution is 6.47. The van der Waals surface area contributed by atoms with Crippen LogP contribution in [0.4, 0.5) is 5.69 Å². The molecule has 0 aliphatic rings. The van der Waals surface area contributed by atoms with Gasteiger partial charge >= 0.3 is 0 Å². The van der Waals surface area contributed by atoms with Crippen molar-refractivity contribution in [3.8, 4) is 17.1 Å². The molecular weight excluding hydrogens is 356 g/mol. The fraction of sp³-hybridized carbons (Fsp3) is 0.0476. The average Bonchev–Trinajstić information content (AvgIpc) is 3.14. The molecule has 0 unspecified atom stereocenters. The second-order valence-electron chi connectivity index (χ2n) is 5.99. The van der Waals surface area contributed by atoms with E-state index in [0.29, 0.717) is 22.8 Å². The van der Waals surface area contributed by atoms with E-state index in [1.807, 2.05) is 24.3 Å². The summed E-state index contributed by atoms with van der Waals surface area (Å²) in [6.45, 7) is 0. The largest absolute Gasteiger partial charge is 0.481 e. The van der Waals surface area contributed by atoms with Crippen molar-refractivity contribution < 1.29 is 14.3 Å². The minimum absolute atomic E-state index is 0.258. The molecule has 0 radical (unpaired) electrons. The number of amides is 1. The van der Waals surface area contributed by atoms with Crippen LogP contribution in [0.1, 0.15) is 10.5 Å². The van der Waals surface area contributed by atoms with Gasteiger partial charge < -0.3 is 14.5 Å². The lowest BCUT2D eigenvalue weighted by Crippen LogP contribution is -2.24. The summed E-state index contributed by atoms with van der Waals surface area (Å²) in [5, 5.41) is 2.58. The van der Waals surface area contributed by atoms with Gasteiger partial charge in [0.2, 0.25) is 5.88 Å². The number of hydrogen-bond donors (Lipinski definition) is 1. The molecule has 28 heavy (non-hydrogen) atoms. The summed E-state index contributed by atoms with van der Waals surface area (Å²) in [6, 6.07) is 16.0. The molecule has 0 aromatic carbocycles. The number of hydrogen-bond acceptors (Lipinski definition) is 5. The van der Waals surface area contributed by atoms with Crippen molar-refractivity contribution in [3.05, 3.63) is 78.9 Å². The van der Waals surface area contributed by atoms with Crippen LogP contribution in [-0.2, 0) is 4.79 Å². The third-order valence-corrected chi connectivity index (χ3v) is 4.25. The molecule has 0 saturated heterocycles. The van der Waals surface area contributed by atoms with Gasteiger partial charge in [-0.1, -0.05) is 12.1 Å². The van der Waals surface area contributed by atoms with Crippen LogP contribution < -0.4 is 10.1 Å². The number of fused-ring (bicyclic) bond motifs is 1. The second-order valence-corrected chi connectivity index (χ2v) is 5.99. The van der Waals surface area contributed by atoms with Gasteiger partial charge in [0.1, 0.15) is 5.69 Å². The first-order valence-electron chi connectivity index (χ1n) is 8.54. The van der Waals surface area contributed by atoms with Crippen LogP contribution in [0.3, 0.4) is 0 Å². The number of methoxy groups -OCH3 is 1. The minimum atomic E-state index is -0.756. The Bertz CT molecular complexity index is 1150. The van der Waals surface area contributed by atoms with E-state index in [2.05, 4.69) is 15.3 Å². The Labute approximate surface area is 160 Å². The number of pyridine rings is 3. The smallest absolute Gasteiger partial charge is 0.298 e. The minimum Gasteiger partial charge on any atom is -0.481 e. The SMILES string of the molecule is COc1ccc(NC(=O)C(=O)c2c(-c3ccccn3)cc3ccccn23)cn1. The van der Waals surface area contributed by atoms with Crippen LogP contribution in [0.5, 0.6) is 5.88 Å². The molecule has 0 aliphatic heterocycles. The highest BCUT2D eigenvalue weighted by Crippen LogP contribution is 2.27. The molecule has 4 aromatic rings. The maximum absolute atomic E-state index is 13.0. The lowest BCUT2D eigenvalue weighted by Gasteiger charge is -2.07. The van der Waals surface area contributed by atoms with E-state index >= 15 is 0 Å². The van der Waals surface area contributed by atoms with Crippen LogP contribution >= 0.6 is 0 Å². The third kappa shape index (κ3) is 3.21. The lowest BCUT2D eigenvalue weighted by molar-refractivity contribution is -0.112. The molecule has 0 atom stereocenters. The molecule has 0 aliphatic carbocycles. The number of carbonyl (C=O) groups excluding carboxylic acids is 2. The molecule has 138 valence electrons. The number of ketones is 1. The summed E-state index contributed by atoms with van der Waals surface area (Å²) in [7, 11) is 1.50. The van der Waals surface area contributed by atoms with E-state index in [4.69, 9.17) is 4.74 Å². The van der Waals surface area contributed by atoms with E-state index in [-0.39, 0.29) is 5.69 Å². The molecule has 7 heteroatoms. The molecule has 1 amide bonds. The van der Waals surface area contributed by atoms with Crippen molar-refractivity contribution in [3.63, 3.8) is 0 Å². The van der Waals surface area contributed by atoms with Gasteiger partial charge in [0, 0.05) is 29.5 Å². The highest BCUT2D eigenvalue weighted by atomic mass is 16.5. The Morgan fingerprint density at radius 2 is 1.89 bits per heavy atom. The Morgan fingerprint density at radius 1 is 1.04 bits per heavy atom. The van der Waals surface area contributed by atoms with Gasteiger partial charge in [-0.15, -0.1) is 0 Å². The second kappa shape index (κ2) is 7.32. The monoisotopic (exact) mass is 372 g/mol. The zero-order valence-corrected chi connectivity index (χ0v) is 15.0. The van der Waals surface area contributed by atoms with Crippen LogP contribution in [0.25, 0.3) is 16.8 Å². The van der Waals surface area contributed by atoms with Crippen molar-refractivity contribution in [2.45, 2.75) is 0 Å². The maximum Gasteiger partial charge on any atom is 0.298 e. The topological polar surface area (TPSA) is 85.6 Å². The van der Waals surface area contributed by atoms with E-state index < -0.39 is 11.7 Å². The van der Waals surface area contributed by atoms with Gasteiger partial charge in [-0.2, -0.15) is 0 Å². The van der Waals surface area contributed by atoms with Crippen molar-refractivity contribution in [1.29, 1.82) is 0 Å². The number of aromatic nitrogens is 3. The number of nitrogens with one attached hydrogen (secondary N) is 1. The van der Waals surface area contributed by atoms with Gasteiger partial charge in [-0.25, -0.2) is 4.98 Å². The zero-order valence-electron chi connectivity index (χ0n) is 15.0. The van der Waals surface area contributed by atoms with Crippen LogP contribution in [0, 0.1) is 0 Å². The fourth-order valence-electron chi connectivity index (χ4n) is 2.94. The fourth-order valence-corrected chi connectivity index (χ4v) is 2.94. The summed E-state index contributed by atoms with van der Waals surface area (Å²) < 4.78 is 6.69. The number of anilines is 1. The van der Waals surface area contributed by atoms with Crippen LogP contribution in [0.2, 0.25) is 0 Å². The van der Waals surface area contributed by atoms with Crippen molar-refractivity contribution in [1.82, 2.24) is 14.4 Å². The first-order chi connectivity index (χ1) is 13.7. The lowest BCUT2D eigenvalue weighted by atomic mass is 10.1. The predicted molar refractivity (Wildman–Crippen MR) is 104 cm³/mol. The molecule has 1 N–H and O–H groups in total. The number of carbonyl (C=O) groups is 2. The zero-order chi connectivity index (χ0) is 19.5. The number of rotatable bonds is 5. The van der Waals surface area contributed by atoms with Gasteiger partial charge in [-0.05, 0) is 36.4 Å². The van der Waals surface area contributed by atoms with Crippen molar-refractivity contribution in [2.24, 2.45) is 0 Å². The van der Waals surface area contributed by atoms with Crippen molar-refractivity contribution in [2.75, 3.05) is 12.4 Å². The highest BCUT2D eigenvalue weighted by Gasteiger charge is 2.25. The molecular formula is C21H16N4O3. The first-order valence-corrected chi connectivity index (χ1v) is 8.54. The van der Waals surface area contributed by atoms with E-state index in [1.54, 1.807) is 47.1 Å². The van der Waals surface area contributed by atoms with E-state index in [0.717, 1.165) is 5.52 Å². The quantitative estimate of drug-likeness (QED) is 0.429. The first kappa shape index (κ1) is 17.4. The maximum atomic E-state index is 13.0. The molecule has 7 nitrogen and oxygen atoms in total. The molecule has 0 spiro atoms. The summed E-state index contributed by atoms with van der Waals surface area (Å²) in [6.07, 6.45) is 4.83. The van der Waals surface area contributed by atoms with Gasteiger partial charge in [0.15, 0.2) is 0 Å². The molecule has 0 fully saturated rings. The Balaban J connectivity index is 1.72. The van der Waals surface area contributed by atoms with Crippen LogP contribution in [0.15, 0.2) is 73.2 Å². The molecule has 4 aromatic heterocycles. The molecule has 0 bridgehead atoms. The Morgan fingerprint density at radius 3 is 2.61 bits per heavy atom. The third-order valence-electron chi connectivity index (χ3n) is 4.25. The summed E-state index contributed by atoms with van der Waals surface area (Å²) >= 11 is 0. The molecule has 4 rings (SSSR count). The standard InChI is InChI=1S/C21H16N4O3/c1-28-18-9-8-14(13-23-18)24-21(27)20(26)19-16(17-7-2-4-10-22-17)12-15-6-3-5-11-25(15)19/h2-13H,1H3,(H,24,27). The summed E-state index contributed by atoms with van der Waals surface area (Å²) in [5.74, 6) is -1.00. The number of nitrogens with zero attached hydrogens (tertiary/aromatic N) is 3. The van der Waals surface area contributed by atoms with Gasteiger partial charge in [0.25, 0.3) is 11.7 Å². The summed E-state index contributed by atoms with van der Waals surface area (Å²) in [5.41, 5.74) is 2.67. The predicted octanol–water partition coefficient (Wildman–Crippen LogP) is 3.23.